The fourth-order valence-electron chi connectivity index (χ4n) is 2.32. The minimum atomic E-state index is 0.0281. The Kier molecular flexibility index (Phi) is 3.87. The molecule has 1 aromatic heterocycles. The summed E-state index contributed by atoms with van der Waals surface area (Å²) in [5.74, 6) is 0.0281. The van der Waals surface area contributed by atoms with Gasteiger partial charge in [-0.05, 0) is 43.2 Å². The van der Waals surface area contributed by atoms with Crippen molar-refractivity contribution < 1.29 is 4.79 Å². The molecule has 0 unspecified atom stereocenters. The SMILES string of the molecule is CCCC(=O)Nc1cc2nn(-c3ccccc3)nc2cc1C. The van der Waals surface area contributed by atoms with Crippen LogP contribution in [-0.4, -0.2) is 20.9 Å². The van der Waals surface area contributed by atoms with Gasteiger partial charge in [0.25, 0.3) is 0 Å². The topological polar surface area (TPSA) is 59.8 Å². The predicted octanol–water partition coefficient (Wildman–Crippen LogP) is 3.47. The summed E-state index contributed by atoms with van der Waals surface area (Å²) in [6.45, 7) is 3.95. The van der Waals surface area contributed by atoms with E-state index >= 15 is 0 Å². The molecule has 5 nitrogen and oxygen atoms in total. The van der Waals surface area contributed by atoms with Crippen molar-refractivity contribution in [2.24, 2.45) is 0 Å². The van der Waals surface area contributed by atoms with Crippen molar-refractivity contribution >= 4 is 22.6 Å². The van der Waals surface area contributed by atoms with E-state index in [9.17, 15) is 4.79 Å². The van der Waals surface area contributed by atoms with Gasteiger partial charge in [0, 0.05) is 12.1 Å². The van der Waals surface area contributed by atoms with E-state index in [1.54, 1.807) is 4.80 Å². The molecule has 5 heteroatoms. The Morgan fingerprint density at radius 1 is 1.14 bits per heavy atom. The van der Waals surface area contributed by atoms with E-state index in [0.717, 1.165) is 34.4 Å². The first-order chi connectivity index (χ1) is 10.7. The number of fused-ring (bicyclic) bond motifs is 1. The molecule has 0 radical (unpaired) electrons. The van der Waals surface area contributed by atoms with Crippen molar-refractivity contribution in [2.45, 2.75) is 26.7 Å². The standard InChI is InChI=1S/C17H18N4O/c1-3-7-17(22)18-14-11-16-15(10-12(14)2)19-21(20-16)13-8-5-4-6-9-13/h4-6,8-11H,3,7H2,1-2H3,(H,18,22). The van der Waals surface area contributed by atoms with E-state index in [-0.39, 0.29) is 5.91 Å². The minimum absolute atomic E-state index is 0.0281. The van der Waals surface area contributed by atoms with Crippen LogP contribution in [0.5, 0.6) is 0 Å². The molecule has 0 aliphatic carbocycles. The Hall–Kier alpha value is -2.69. The fourth-order valence-corrected chi connectivity index (χ4v) is 2.32. The first-order valence-electron chi connectivity index (χ1n) is 7.40. The average molecular weight is 294 g/mol. The molecule has 0 bridgehead atoms. The van der Waals surface area contributed by atoms with Crippen molar-refractivity contribution in [3.05, 3.63) is 48.0 Å². The number of amides is 1. The van der Waals surface area contributed by atoms with E-state index in [2.05, 4.69) is 15.5 Å². The molecule has 112 valence electrons. The molecule has 0 saturated heterocycles. The van der Waals surface area contributed by atoms with Crippen molar-refractivity contribution in [1.82, 2.24) is 15.0 Å². The van der Waals surface area contributed by atoms with Gasteiger partial charge in [-0.3, -0.25) is 4.79 Å². The van der Waals surface area contributed by atoms with Crippen LogP contribution in [-0.2, 0) is 4.79 Å². The quantitative estimate of drug-likeness (QED) is 0.801. The molecule has 3 aromatic rings. The molecule has 0 aliphatic heterocycles. The van der Waals surface area contributed by atoms with Crippen molar-refractivity contribution in [1.29, 1.82) is 0 Å². The number of carbonyl (C=O) groups excluding carboxylic acids is 1. The molecule has 0 fully saturated rings. The molecule has 2 aromatic carbocycles. The summed E-state index contributed by atoms with van der Waals surface area (Å²) < 4.78 is 0. The van der Waals surface area contributed by atoms with Crippen LogP contribution in [0.1, 0.15) is 25.3 Å². The highest BCUT2D eigenvalue weighted by atomic mass is 16.1. The fraction of sp³-hybridized carbons (Fsp3) is 0.235. The molecular formula is C17H18N4O. The first kappa shape index (κ1) is 14.3. The molecule has 1 heterocycles. The van der Waals surface area contributed by atoms with Crippen LogP contribution >= 0.6 is 0 Å². The van der Waals surface area contributed by atoms with Crippen LogP contribution in [0.4, 0.5) is 5.69 Å². The van der Waals surface area contributed by atoms with E-state index in [0.29, 0.717) is 6.42 Å². The maximum absolute atomic E-state index is 11.8. The van der Waals surface area contributed by atoms with E-state index in [4.69, 9.17) is 0 Å². The summed E-state index contributed by atoms with van der Waals surface area (Å²) >= 11 is 0. The van der Waals surface area contributed by atoms with Gasteiger partial charge < -0.3 is 5.32 Å². The van der Waals surface area contributed by atoms with Crippen LogP contribution in [0.2, 0.25) is 0 Å². The Morgan fingerprint density at radius 3 is 2.50 bits per heavy atom. The molecule has 0 spiro atoms. The van der Waals surface area contributed by atoms with Gasteiger partial charge in [0.2, 0.25) is 5.91 Å². The molecule has 0 atom stereocenters. The van der Waals surface area contributed by atoms with E-state index in [1.165, 1.54) is 0 Å². The highest BCUT2D eigenvalue weighted by Crippen LogP contribution is 2.22. The number of carbonyl (C=O) groups is 1. The molecular weight excluding hydrogens is 276 g/mol. The zero-order valence-corrected chi connectivity index (χ0v) is 12.7. The van der Waals surface area contributed by atoms with Gasteiger partial charge in [-0.25, -0.2) is 0 Å². The lowest BCUT2D eigenvalue weighted by Crippen LogP contribution is -2.11. The van der Waals surface area contributed by atoms with Crippen molar-refractivity contribution in [3.63, 3.8) is 0 Å². The van der Waals surface area contributed by atoms with Gasteiger partial charge in [0.1, 0.15) is 11.0 Å². The Balaban J connectivity index is 1.97. The Morgan fingerprint density at radius 2 is 1.82 bits per heavy atom. The van der Waals surface area contributed by atoms with Crippen LogP contribution in [0.25, 0.3) is 16.7 Å². The van der Waals surface area contributed by atoms with Gasteiger partial charge in [0.05, 0.1) is 5.69 Å². The number of para-hydroxylation sites is 1. The second-order valence-electron chi connectivity index (χ2n) is 5.28. The summed E-state index contributed by atoms with van der Waals surface area (Å²) in [7, 11) is 0. The Labute approximate surface area is 129 Å². The van der Waals surface area contributed by atoms with E-state index < -0.39 is 0 Å². The number of hydrogen-bond donors (Lipinski definition) is 1. The molecule has 1 N–H and O–H groups in total. The number of hydrogen-bond acceptors (Lipinski definition) is 3. The number of nitrogens with one attached hydrogen (secondary N) is 1. The van der Waals surface area contributed by atoms with Crippen LogP contribution in [0.15, 0.2) is 42.5 Å². The summed E-state index contributed by atoms with van der Waals surface area (Å²) in [4.78, 5) is 13.4. The smallest absolute Gasteiger partial charge is 0.224 e. The second-order valence-corrected chi connectivity index (χ2v) is 5.28. The summed E-state index contributed by atoms with van der Waals surface area (Å²) in [5, 5.41) is 11.9. The first-order valence-corrected chi connectivity index (χ1v) is 7.40. The average Bonchev–Trinajstić information content (AvgIpc) is 2.91. The highest BCUT2D eigenvalue weighted by molar-refractivity contribution is 5.94. The molecule has 3 rings (SSSR count). The maximum Gasteiger partial charge on any atom is 0.224 e. The van der Waals surface area contributed by atoms with Gasteiger partial charge in [0.15, 0.2) is 0 Å². The van der Waals surface area contributed by atoms with Gasteiger partial charge in [-0.15, -0.1) is 10.2 Å². The van der Waals surface area contributed by atoms with Crippen molar-refractivity contribution in [2.75, 3.05) is 5.32 Å². The third-order valence-corrected chi connectivity index (χ3v) is 3.46. The number of benzene rings is 2. The third kappa shape index (κ3) is 2.83. The molecule has 22 heavy (non-hydrogen) atoms. The predicted molar refractivity (Wildman–Crippen MR) is 87.1 cm³/mol. The number of nitrogens with zero attached hydrogens (tertiary/aromatic N) is 3. The van der Waals surface area contributed by atoms with E-state index in [1.807, 2.05) is 56.3 Å². The number of aryl methyl sites for hydroxylation is 1. The summed E-state index contributed by atoms with van der Waals surface area (Å²) in [6, 6.07) is 13.6. The zero-order valence-electron chi connectivity index (χ0n) is 12.7. The van der Waals surface area contributed by atoms with Gasteiger partial charge in [-0.2, -0.15) is 4.80 Å². The maximum atomic E-state index is 11.8. The highest BCUT2D eigenvalue weighted by Gasteiger charge is 2.10. The Bertz CT molecular complexity index is 808. The van der Waals surface area contributed by atoms with Crippen LogP contribution in [0.3, 0.4) is 0 Å². The zero-order chi connectivity index (χ0) is 15.5. The molecule has 1 amide bonds. The monoisotopic (exact) mass is 294 g/mol. The lowest BCUT2D eigenvalue weighted by molar-refractivity contribution is -0.116. The third-order valence-electron chi connectivity index (χ3n) is 3.46. The normalized spacial score (nSPS) is 10.8. The summed E-state index contributed by atoms with van der Waals surface area (Å²) in [6.07, 6.45) is 1.35. The van der Waals surface area contributed by atoms with Gasteiger partial charge >= 0.3 is 0 Å². The second kappa shape index (κ2) is 5.97. The van der Waals surface area contributed by atoms with Crippen LogP contribution < -0.4 is 5.32 Å². The number of aromatic nitrogens is 3. The van der Waals surface area contributed by atoms with Gasteiger partial charge in [-0.1, -0.05) is 25.1 Å². The number of anilines is 1. The molecule has 0 aliphatic rings. The largest absolute Gasteiger partial charge is 0.326 e. The minimum Gasteiger partial charge on any atom is -0.326 e. The lowest BCUT2D eigenvalue weighted by Gasteiger charge is -2.07. The van der Waals surface area contributed by atoms with Crippen LogP contribution in [0, 0.1) is 6.92 Å². The summed E-state index contributed by atoms with van der Waals surface area (Å²) in [5.41, 5.74) is 4.27. The molecule has 0 saturated carbocycles. The lowest BCUT2D eigenvalue weighted by atomic mass is 10.1. The van der Waals surface area contributed by atoms with Crippen molar-refractivity contribution in [3.8, 4) is 5.69 Å². The number of rotatable bonds is 4.